The van der Waals surface area contributed by atoms with Crippen LogP contribution < -0.4 is 56.8 Å². The SMILES string of the molecule is CCC(C)(C)c1ccc(OCC(=O)Oc2cc3c4cc(OC(=O)COc5ccc(C(C)(C)CC)cc5)c(OC(=O)COc5ccc(C(C)(C)CC)cc5)cc4c4cc(OC(=O)COc5ccc(C(C)(C)CC)cc5)c(OC(=O)COc5ccc(C(C)(C)CC)cc5)cc4c3cc2OC(=O)COc2ccc(C(C)(C)CC)cc2)cc1. The second-order valence-electron chi connectivity index (χ2n) is 32.7. The number of carbonyl (C=O) groups excluding carboxylic acids is 6. The zero-order chi connectivity index (χ0) is 82.5. The number of hydrogen-bond donors (Lipinski definition) is 0. The summed E-state index contributed by atoms with van der Waals surface area (Å²) < 4.78 is 73.5. The lowest BCUT2D eigenvalue weighted by molar-refractivity contribution is -0.139. The van der Waals surface area contributed by atoms with Gasteiger partial charge >= 0.3 is 35.8 Å². The molecule has 0 radical (unpaired) electrons. The van der Waals surface area contributed by atoms with E-state index >= 15 is 0 Å². The number of carbonyl (C=O) groups is 6. The first-order valence-electron chi connectivity index (χ1n) is 39.3. The third kappa shape index (κ3) is 21.3. The van der Waals surface area contributed by atoms with E-state index < -0.39 is 75.5 Å². The molecule has 0 saturated heterocycles. The molecule has 10 aromatic carbocycles. The third-order valence-electron chi connectivity index (χ3n) is 22.7. The first kappa shape index (κ1) is 85.0. The number of fused-ring (bicyclic) bond motifs is 6. The summed E-state index contributed by atoms with van der Waals surface area (Å²) in [4.78, 5) is 86.6. The van der Waals surface area contributed by atoms with E-state index in [0.717, 1.165) is 71.9 Å². The molecule has 0 amide bonds. The molecule has 0 aromatic heterocycles. The minimum absolute atomic E-state index is 0.126. The zero-order valence-corrected chi connectivity index (χ0v) is 69.2. The van der Waals surface area contributed by atoms with E-state index in [1.54, 1.807) is 72.8 Å². The van der Waals surface area contributed by atoms with Crippen molar-refractivity contribution in [2.24, 2.45) is 0 Å². The maximum atomic E-state index is 14.4. The Hall–Kier alpha value is -11.4. The number of esters is 6. The number of rotatable bonds is 36. The van der Waals surface area contributed by atoms with Crippen molar-refractivity contribution in [1.82, 2.24) is 0 Å². The minimum Gasteiger partial charge on any atom is -0.482 e. The van der Waals surface area contributed by atoms with Crippen molar-refractivity contribution in [2.75, 3.05) is 39.6 Å². The quantitative estimate of drug-likeness (QED) is 0.0203. The number of hydrogen-bond acceptors (Lipinski definition) is 18. The maximum absolute atomic E-state index is 14.4. The standard InChI is InChI=1S/C96H108O18/c1-19-91(7,8)61-25-37-67(38-26-61)103-55-85(97)109-79-49-73-74(50-80(79)110-86(98)56-104-68-39-27-62(28-40-68)92(9,10)20-2)76-52-82(112-88(100)58-106-70-43-31-64(32-44-70)94(13,14)22-4)84(114-90(102)60-108-72-47-35-66(36-48-72)96(17,18)24-6)54-78(76)77-53-83(113-89(101)59-107-71-45-33-65(34-46-71)95(15,16)23-5)81(51-75(73)77)111-87(99)57-105-69-41-29-63(30-42-69)93(11,12)21-3/h25-54H,19-24,55-60H2,1-18H3. The summed E-state index contributed by atoms with van der Waals surface area (Å²) in [6, 6.07) is 53.2. The molecule has 0 aliphatic rings. The Labute approximate surface area is 669 Å². The largest absolute Gasteiger partial charge is 0.482 e. The van der Waals surface area contributed by atoms with Gasteiger partial charge in [-0.15, -0.1) is 0 Å². The fourth-order valence-electron chi connectivity index (χ4n) is 12.5. The van der Waals surface area contributed by atoms with Gasteiger partial charge in [-0.1, -0.05) is 197 Å². The fraction of sp³-hybridized carbons (Fsp3) is 0.375. The number of benzene rings is 10. The summed E-state index contributed by atoms with van der Waals surface area (Å²) in [6.07, 6.45) is 5.29. The second-order valence-corrected chi connectivity index (χ2v) is 32.7. The Balaban J connectivity index is 1.14. The van der Waals surface area contributed by atoms with Gasteiger partial charge in [-0.05, 0) is 246 Å². The molecule has 0 saturated carbocycles. The van der Waals surface area contributed by atoms with Gasteiger partial charge < -0.3 is 56.8 Å². The van der Waals surface area contributed by atoms with E-state index in [2.05, 4.69) is 125 Å². The molecular weight excluding hydrogens is 1440 g/mol. The van der Waals surface area contributed by atoms with Gasteiger partial charge in [0, 0.05) is 0 Å². The lowest BCUT2D eigenvalue weighted by Gasteiger charge is -2.23. The highest BCUT2D eigenvalue weighted by molar-refractivity contribution is 6.27. The Morgan fingerprint density at radius 2 is 0.316 bits per heavy atom. The summed E-state index contributed by atoms with van der Waals surface area (Å²) >= 11 is 0. The summed E-state index contributed by atoms with van der Waals surface area (Å²) in [5, 5.41) is 1.43. The van der Waals surface area contributed by atoms with Crippen molar-refractivity contribution in [3.8, 4) is 69.0 Å². The molecule has 18 heteroatoms. The van der Waals surface area contributed by atoms with Gasteiger partial charge in [-0.25, -0.2) is 28.8 Å². The van der Waals surface area contributed by atoms with E-state index in [-0.39, 0.29) is 99.3 Å². The lowest BCUT2D eigenvalue weighted by Crippen LogP contribution is -2.21. The van der Waals surface area contributed by atoms with Crippen LogP contribution in [0.1, 0.15) is 197 Å². The molecule has 0 bridgehead atoms. The molecule has 114 heavy (non-hydrogen) atoms. The Morgan fingerprint density at radius 3 is 0.421 bits per heavy atom. The van der Waals surface area contributed by atoms with Crippen LogP contribution in [0, 0.1) is 0 Å². The molecule has 18 nitrogen and oxygen atoms in total. The zero-order valence-electron chi connectivity index (χ0n) is 69.2. The van der Waals surface area contributed by atoms with Crippen LogP contribution >= 0.6 is 0 Å². The van der Waals surface area contributed by atoms with Crippen LogP contribution in [0.15, 0.2) is 182 Å². The van der Waals surface area contributed by atoms with E-state index in [4.69, 9.17) is 56.8 Å². The maximum Gasteiger partial charge on any atom is 0.349 e. The first-order chi connectivity index (χ1) is 54.1. The van der Waals surface area contributed by atoms with Crippen LogP contribution in [0.5, 0.6) is 69.0 Å². The van der Waals surface area contributed by atoms with Gasteiger partial charge in [-0.2, -0.15) is 0 Å². The molecule has 0 fully saturated rings. The number of ether oxygens (including phenoxy) is 12. The molecule has 600 valence electrons. The van der Waals surface area contributed by atoms with E-state index in [1.807, 2.05) is 72.8 Å². The smallest absolute Gasteiger partial charge is 0.349 e. The van der Waals surface area contributed by atoms with Gasteiger partial charge in [0.15, 0.2) is 74.1 Å². The summed E-state index contributed by atoms with van der Waals surface area (Å²) in [5.74, 6) is -4.77. The highest BCUT2D eigenvalue weighted by Gasteiger charge is 2.29. The van der Waals surface area contributed by atoms with Crippen LogP contribution in [-0.4, -0.2) is 75.5 Å². The van der Waals surface area contributed by atoms with Crippen molar-refractivity contribution in [2.45, 2.75) is 196 Å². The average molecular weight is 1550 g/mol. The van der Waals surface area contributed by atoms with Gasteiger partial charge in [0.1, 0.15) is 34.5 Å². The molecule has 0 heterocycles. The van der Waals surface area contributed by atoms with Crippen LogP contribution in [0.2, 0.25) is 0 Å². The molecule has 0 atom stereocenters. The summed E-state index contributed by atoms with van der Waals surface area (Å²) in [6.45, 7) is 34.6. The first-order valence-corrected chi connectivity index (χ1v) is 39.3. The molecule has 0 aliphatic heterocycles. The Bertz CT molecular complexity index is 4220. The predicted octanol–water partition coefficient (Wildman–Crippen LogP) is 21.2. The molecule has 0 unspecified atom stereocenters. The second kappa shape index (κ2) is 36.2. The molecule has 10 aromatic rings. The summed E-state index contributed by atoms with van der Waals surface area (Å²) in [5.41, 5.74) is 5.68. The lowest BCUT2D eigenvalue weighted by atomic mass is 9.82. The Kier molecular flexibility index (Phi) is 27.0. The molecule has 10 rings (SSSR count). The van der Waals surface area contributed by atoms with Crippen molar-refractivity contribution in [3.05, 3.63) is 215 Å². The monoisotopic (exact) mass is 1550 g/mol. The third-order valence-corrected chi connectivity index (χ3v) is 22.7. The van der Waals surface area contributed by atoms with Crippen LogP contribution in [0.3, 0.4) is 0 Å². The molecule has 0 aliphatic carbocycles. The van der Waals surface area contributed by atoms with Crippen LogP contribution in [0.25, 0.3) is 32.3 Å². The van der Waals surface area contributed by atoms with Gasteiger partial charge in [0.25, 0.3) is 0 Å². The van der Waals surface area contributed by atoms with Gasteiger partial charge in [-0.3, -0.25) is 0 Å². The predicted molar refractivity (Wildman–Crippen MR) is 444 cm³/mol. The van der Waals surface area contributed by atoms with Gasteiger partial charge in [0.2, 0.25) is 0 Å². The van der Waals surface area contributed by atoms with E-state index in [9.17, 15) is 28.8 Å². The molecule has 0 N–H and O–H groups in total. The Morgan fingerprint density at radius 1 is 0.202 bits per heavy atom. The van der Waals surface area contributed by atoms with Crippen molar-refractivity contribution >= 4 is 68.1 Å². The molecule has 0 spiro atoms. The average Bonchev–Trinajstić information content (AvgIpc) is 0.722. The van der Waals surface area contributed by atoms with Crippen molar-refractivity contribution in [3.63, 3.8) is 0 Å². The van der Waals surface area contributed by atoms with Crippen LogP contribution in [-0.2, 0) is 61.3 Å². The van der Waals surface area contributed by atoms with E-state index in [0.29, 0.717) is 34.5 Å². The van der Waals surface area contributed by atoms with Gasteiger partial charge in [0.05, 0.1) is 0 Å². The highest BCUT2D eigenvalue weighted by atomic mass is 16.6. The normalized spacial score (nSPS) is 12.1. The minimum atomic E-state index is -0.901. The van der Waals surface area contributed by atoms with E-state index in [1.165, 1.54) is 36.4 Å². The van der Waals surface area contributed by atoms with Crippen LogP contribution in [0.4, 0.5) is 0 Å². The van der Waals surface area contributed by atoms with Crippen molar-refractivity contribution < 1.29 is 85.6 Å². The molecular formula is C96H108O18. The topological polar surface area (TPSA) is 213 Å². The fourth-order valence-corrected chi connectivity index (χ4v) is 12.5. The highest BCUT2D eigenvalue weighted by Crippen LogP contribution is 2.48. The van der Waals surface area contributed by atoms with Crippen molar-refractivity contribution in [1.29, 1.82) is 0 Å². The summed E-state index contributed by atoms with van der Waals surface area (Å²) in [7, 11) is 0.